The number of nitrogens with one attached hydrogen (secondary N) is 2. The SMILES string of the molecule is CC(=NOCC(=O)Nc1ccccc1C(=O)NCc1ccccc1)c1ccccc1. The maximum Gasteiger partial charge on any atom is 0.265 e. The van der Waals surface area contributed by atoms with Crippen molar-refractivity contribution in [2.45, 2.75) is 13.5 Å². The van der Waals surface area contributed by atoms with Gasteiger partial charge in [-0.25, -0.2) is 0 Å². The number of hydrogen-bond acceptors (Lipinski definition) is 4. The Labute approximate surface area is 175 Å². The molecule has 0 fully saturated rings. The van der Waals surface area contributed by atoms with Gasteiger partial charge in [0.25, 0.3) is 11.8 Å². The van der Waals surface area contributed by atoms with Crippen molar-refractivity contribution in [3.63, 3.8) is 0 Å². The quantitative estimate of drug-likeness (QED) is 0.442. The van der Waals surface area contributed by atoms with Crippen molar-refractivity contribution in [1.29, 1.82) is 0 Å². The van der Waals surface area contributed by atoms with Gasteiger partial charge in [0.05, 0.1) is 17.0 Å². The first-order valence-electron chi connectivity index (χ1n) is 9.56. The second kappa shape index (κ2) is 10.6. The zero-order chi connectivity index (χ0) is 21.2. The molecule has 3 aromatic rings. The van der Waals surface area contributed by atoms with Crippen LogP contribution >= 0.6 is 0 Å². The van der Waals surface area contributed by atoms with Gasteiger partial charge in [-0.05, 0) is 30.2 Å². The molecule has 2 N–H and O–H groups in total. The van der Waals surface area contributed by atoms with Crippen molar-refractivity contribution in [2.24, 2.45) is 5.16 Å². The van der Waals surface area contributed by atoms with Gasteiger partial charge in [0, 0.05) is 6.54 Å². The van der Waals surface area contributed by atoms with Crippen LogP contribution in [0.1, 0.15) is 28.4 Å². The maximum atomic E-state index is 12.6. The molecule has 0 saturated carbocycles. The molecule has 6 nitrogen and oxygen atoms in total. The lowest BCUT2D eigenvalue weighted by molar-refractivity contribution is -0.120. The Kier molecular flexibility index (Phi) is 7.33. The van der Waals surface area contributed by atoms with Crippen molar-refractivity contribution in [1.82, 2.24) is 5.32 Å². The molecule has 3 rings (SSSR count). The molecule has 3 aromatic carbocycles. The first-order valence-corrected chi connectivity index (χ1v) is 9.56. The maximum absolute atomic E-state index is 12.6. The first kappa shape index (κ1) is 20.8. The summed E-state index contributed by atoms with van der Waals surface area (Å²) in [4.78, 5) is 30.0. The summed E-state index contributed by atoms with van der Waals surface area (Å²) in [7, 11) is 0. The van der Waals surface area contributed by atoms with Crippen molar-refractivity contribution in [3.05, 3.63) is 102 Å². The number of benzene rings is 3. The summed E-state index contributed by atoms with van der Waals surface area (Å²) < 4.78 is 0. The number of amides is 2. The summed E-state index contributed by atoms with van der Waals surface area (Å²) >= 11 is 0. The smallest absolute Gasteiger partial charge is 0.265 e. The number of para-hydroxylation sites is 1. The van der Waals surface area contributed by atoms with Crippen molar-refractivity contribution in [3.8, 4) is 0 Å². The Morgan fingerprint density at radius 3 is 2.23 bits per heavy atom. The van der Waals surface area contributed by atoms with Crippen LogP contribution in [0.2, 0.25) is 0 Å². The molecule has 0 bridgehead atoms. The standard InChI is InChI=1S/C24H23N3O3/c1-18(20-12-6-3-7-13-20)27-30-17-23(28)26-22-15-9-8-14-21(22)24(29)25-16-19-10-4-2-5-11-19/h2-15H,16-17H2,1H3,(H,25,29)(H,26,28). The number of carbonyl (C=O) groups excluding carboxylic acids is 2. The largest absolute Gasteiger partial charge is 0.385 e. The van der Waals surface area contributed by atoms with E-state index in [1.807, 2.05) is 60.7 Å². The lowest BCUT2D eigenvalue weighted by atomic mass is 10.1. The molecule has 2 amide bonds. The molecule has 0 heterocycles. The zero-order valence-electron chi connectivity index (χ0n) is 16.7. The Hall–Kier alpha value is -3.93. The lowest BCUT2D eigenvalue weighted by Gasteiger charge is -2.11. The summed E-state index contributed by atoms with van der Waals surface area (Å²) in [5, 5.41) is 9.54. The van der Waals surface area contributed by atoms with Crippen LogP contribution in [0.4, 0.5) is 5.69 Å². The Morgan fingerprint density at radius 2 is 1.50 bits per heavy atom. The number of nitrogens with zero attached hydrogens (tertiary/aromatic N) is 1. The summed E-state index contributed by atoms with van der Waals surface area (Å²) in [6, 6.07) is 26.0. The molecule has 0 radical (unpaired) electrons. The van der Waals surface area contributed by atoms with E-state index >= 15 is 0 Å². The van der Waals surface area contributed by atoms with Gasteiger partial charge in [-0.2, -0.15) is 0 Å². The molecule has 0 aromatic heterocycles. The number of rotatable bonds is 8. The van der Waals surface area contributed by atoms with E-state index in [2.05, 4.69) is 15.8 Å². The average Bonchev–Trinajstić information content (AvgIpc) is 2.79. The predicted molar refractivity (Wildman–Crippen MR) is 117 cm³/mol. The third-order valence-electron chi connectivity index (χ3n) is 4.33. The van der Waals surface area contributed by atoms with Crippen molar-refractivity contribution in [2.75, 3.05) is 11.9 Å². The van der Waals surface area contributed by atoms with E-state index in [9.17, 15) is 9.59 Å². The van der Waals surface area contributed by atoms with Crippen LogP contribution in [-0.4, -0.2) is 24.1 Å². The third kappa shape index (κ3) is 6.04. The monoisotopic (exact) mass is 401 g/mol. The molecular weight excluding hydrogens is 378 g/mol. The van der Waals surface area contributed by atoms with E-state index in [0.29, 0.717) is 23.5 Å². The second-order valence-corrected chi connectivity index (χ2v) is 6.58. The molecule has 152 valence electrons. The molecule has 0 atom stereocenters. The minimum atomic E-state index is -0.400. The fourth-order valence-electron chi connectivity index (χ4n) is 2.77. The number of carbonyl (C=O) groups is 2. The van der Waals surface area contributed by atoms with Crippen LogP contribution < -0.4 is 10.6 Å². The van der Waals surface area contributed by atoms with E-state index in [1.54, 1.807) is 31.2 Å². The summed E-state index contributed by atoms with van der Waals surface area (Å²) in [6.45, 7) is 1.95. The molecule has 30 heavy (non-hydrogen) atoms. The van der Waals surface area contributed by atoms with Gasteiger partial charge in [0.15, 0.2) is 6.61 Å². The minimum absolute atomic E-state index is 0.260. The number of anilines is 1. The third-order valence-corrected chi connectivity index (χ3v) is 4.33. The number of oxime groups is 1. The second-order valence-electron chi connectivity index (χ2n) is 6.58. The molecule has 0 unspecified atom stereocenters. The van der Waals surface area contributed by atoms with Gasteiger partial charge < -0.3 is 15.5 Å². The highest BCUT2D eigenvalue weighted by Gasteiger charge is 2.13. The Bertz CT molecular complexity index is 1020. The highest BCUT2D eigenvalue weighted by Crippen LogP contribution is 2.15. The summed E-state index contributed by atoms with van der Waals surface area (Å²) in [5.74, 6) is -0.670. The molecular formula is C24H23N3O3. The molecule has 6 heteroatoms. The van der Waals surface area contributed by atoms with Crippen LogP contribution in [0, 0.1) is 0 Å². The zero-order valence-corrected chi connectivity index (χ0v) is 16.7. The number of hydrogen-bond donors (Lipinski definition) is 2. The highest BCUT2D eigenvalue weighted by atomic mass is 16.6. The molecule has 0 spiro atoms. The minimum Gasteiger partial charge on any atom is -0.385 e. The predicted octanol–water partition coefficient (Wildman–Crippen LogP) is 4.00. The van der Waals surface area contributed by atoms with Gasteiger partial charge in [-0.1, -0.05) is 78.0 Å². The Balaban J connectivity index is 1.56. The van der Waals surface area contributed by atoms with Crippen LogP contribution in [0.5, 0.6) is 0 Å². The van der Waals surface area contributed by atoms with E-state index in [0.717, 1.165) is 11.1 Å². The fourth-order valence-corrected chi connectivity index (χ4v) is 2.77. The van der Waals surface area contributed by atoms with E-state index in [1.165, 1.54) is 0 Å². The van der Waals surface area contributed by atoms with Gasteiger partial charge in [0.2, 0.25) is 0 Å². The highest BCUT2D eigenvalue weighted by molar-refractivity contribution is 6.04. The van der Waals surface area contributed by atoms with Crippen molar-refractivity contribution >= 4 is 23.2 Å². The molecule has 0 aliphatic rings. The van der Waals surface area contributed by atoms with Crippen LogP contribution in [0.25, 0.3) is 0 Å². The van der Waals surface area contributed by atoms with Crippen molar-refractivity contribution < 1.29 is 14.4 Å². The lowest BCUT2D eigenvalue weighted by Crippen LogP contribution is -2.25. The van der Waals surface area contributed by atoms with E-state index in [4.69, 9.17) is 4.84 Å². The summed E-state index contributed by atoms with van der Waals surface area (Å²) in [5.41, 5.74) is 3.38. The fraction of sp³-hybridized carbons (Fsp3) is 0.125. The topological polar surface area (TPSA) is 79.8 Å². The van der Waals surface area contributed by atoms with Gasteiger partial charge >= 0.3 is 0 Å². The van der Waals surface area contributed by atoms with Gasteiger partial charge in [-0.3, -0.25) is 9.59 Å². The van der Waals surface area contributed by atoms with Gasteiger partial charge in [-0.15, -0.1) is 0 Å². The summed E-state index contributed by atoms with van der Waals surface area (Å²) in [6.07, 6.45) is 0. The average molecular weight is 401 g/mol. The van der Waals surface area contributed by atoms with E-state index in [-0.39, 0.29) is 12.5 Å². The van der Waals surface area contributed by atoms with Crippen LogP contribution in [0.15, 0.2) is 90.1 Å². The van der Waals surface area contributed by atoms with Crippen LogP contribution in [0.3, 0.4) is 0 Å². The van der Waals surface area contributed by atoms with Crippen LogP contribution in [-0.2, 0) is 16.2 Å². The first-order chi connectivity index (χ1) is 14.6. The normalized spacial score (nSPS) is 10.9. The Morgan fingerprint density at radius 1 is 0.867 bits per heavy atom. The molecule has 0 aliphatic heterocycles. The molecule has 0 aliphatic carbocycles. The molecule has 0 saturated heterocycles. The van der Waals surface area contributed by atoms with E-state index < -0.39 is 5.91 Å². The van der Waals surface area contributed by atoms with Gasteiger partial charge in [0.1, 0.15) is 0 Å².